The Hall–Kier alpha value is -2.32. The van der Waals surface area contributed by atoms with Crippen LogP contribution in [0.25, 0.3) is 22.0 Å². The van der Waals surface area contributed by atoms with E-state index in [1.807, 2.05) is 17.9 Å². The van der Waals surface area contributed by atoms with Gasteiger partial charge in [0.15, 0.2) is 0 Å². The third-order valence-corrected chi connectivity index (χ3v) is 6.96. The number of piperazine rings is 1. The Balaban J connectivity index is 1.72. The van der Waals surface area contributed by atoms with Crippen molar-refractivity contribution in [2.75, 3.05) is 26.2 Å². The number of hydrogen-bond acceptors (Lipinski definition) is 5. The van der Waals surface area contributed by atoms with E-state index in [1.165, 1.54) is 0 Å². The van der Waals surface area contributed by atoms with Gasteiger partial charge in [0.2, 0.25) is 11.8 Å². The van der Waals surface area contributed by atoms with Crippen molar-refractivity contribution in [2.45, 2.75) is 39.9 Å². The minimum atomic E-state index is -0.0316. The summed E-state index contributed by atoms with van der Waals surface area (Å²) in [6, 6.07) is 5.69. The first-order valence-electron chi connectivity index (χ1n) is 11.1. The highest BCUT2D eigenvalue weighted by atomic mass is 35.5. The summed E-state index contributed by atoms with van der Waals surface area (Å²) in [5, 5.41) is 12.7. The molecule has 1 saturated heterocycles. The zero-order valence-electron chi connectivity index (χ0n) is 19.1. The predicted octanol–water partition coefficient (Wildman–Crippen LogP) is 4.04. The molecule has 3 N–H and O–H groups in total. The molecule has 3 aromatic rings. The number of fused-ring (bicyclic) bond motifs is 1. The van der Waals surface area contributed by atoms with Crippen molar-refractivity contribution in [1.82, 2.24) is 19.4 Å². The summed E-state index contributed by atoms with van der Waals surface area (Å²) in [6.45, 7) is 9.53. The molecule has 3 heterocycles. The second-order valence-corrected chi connectivity index (χ2v) is 9.57. The number of benzene rings is 1. The van der Waals surface area contributed by atoms with E-state index in [9.17, 15) is 9.90 Å². The number of aromatic nitrogens is 2. The number of aromatic hydroxyl groups is 1. The predicted molar refractivity (Wildman–Crippen MR) is 133 cm³/mol. The van der Waals surface area contributed by atoms with Gasteiger partial charge in [-0.1, -0.05) is 29.3 Å². The molecule has 9 heteroatoms. The van der Waals surface area contributed by atoms with E-state index in [-0.39, 0.29) is 24.9 Å². The topological polar surface area (TPSA) is 87.6 Å². The van der Waals surface area contributed by atoms with Crippen LogP contribution in [0.5, 0.6) is 5.88 Å². The van der Waals surface area contributed by atoms with Gasteiger partial charge in [-0.15, -0.1) is 0 Å². The average Bonchev–Trinajstić information content (AvgIpc) is 3.07. The summed E-state index contributed by atoms with van der Waals surface area (Å²) < 4.78 is 1.56. The van der Waals surface area contributed by atoms with Gasteiger partial charge in [0.25, 0.3) is 0 Å². The van der Waals surface area contributed by atoms with E-state index in [0.717, 1.165) is 29.9 Å². The molecule has 0 aliphatic carbocycles. The number of rotatable bonds is 5. The third kappa shape index (κ3) is 4.55. The van der Waals surface area contributed by atoms with Crippen molar-refractivity contribution in [1.29, 1.82) is 0 Å². The second-order valence-electron chi connectivity index (χ2n) is 8.73. The fraction of sp³-hybridized carbons (Fsp3) is 0.417. The molecule has 176 valence electrons. The number of nitrogens with zero attached hydrogens (tertiary/aromatic N) is 4. The van der Waals surface area contributed by atoms with E-state index in [4.69, 9.17) is 28.9 Å². The maximum atomic E-state index is 13.0. The zero-order valence-corrected chi connectivity index (χ0v) is 20.6. The summed E-state index contributed by atoms with van der Waals surface area (Å²) in [5.74, 6) is -0.0572. The lowest BCUT2D eigenvalue weighted by molar-refractivity contribution is -0.133. The van der Waals surface area contributed by atoms with E-state index < -0.39 is 0 Å². The smallest absolute Gasteiger partial charge is 0.242 e. The minimum absolute atomic E-state index is 0.0256. The number of hydrogen-bond donors (Lipinski definition) is 2. The van der Waals surface area contributed by atoms with Crippen LogP contribution in [-0.4, -0.2) is 62.6 Å². The molecule has 1 aromatic carbocycles. The van der Waals surface area contributed by atoms with Gasteiger partial charge in [0.05, 0.1) is 10.9 Å². The van der Waals surface area contributed by atoms with Gasteiger partial charge in [-0.05, 0) is 38.5 Å². The Kier molecular flexibility index (Phi) is 6.86. The number of aryl methyl sites for hydroxylation is 1. The molecule has 2 aromatic heterocycles. The zero-order chi connectivity index (χ0) is 23.9. The minimum Gasteiger partial charge on any atom is -0.494 e. The highest BCUT2D eigenvalue weighted by Gasteiger charge is 2.25. The summed E-state index contributed by atoms with van der Waals surface area (Å²) in [4.78, 5) is 21.9. The highest BCUT2D eigenvalue weighted by molar-refractivity contribution is 6.36. The molecule has 4 rings (SSSR count). The number of carbonyl (C=O) groups excluding carboxylic acids is 1. The van der Waals surface area contributed by atoms with Crippen molar-refractivity contribution in [3.8, 4) is 17.0 Å². The van der Waals surface area contributed by atoms with Crippen LogP contribution in [0.4, 0.5) is 0 Å². The summed E-state index contributed by atoms with van der Waals surface area (Å²) in [7, 11) is 0. The maximum absolute atomic E-state index is 13.0. The van der Waals surface area contributed by atoms with Crippen molar-refractivity contribution in [3.05, 3.63) is 45.7 Å². The first kappa shape index (κ1) is 23.8. The highest BCUT2D eigenvalue weighted by Crippen LogP contribution is 2.42. The molecule has 0 radical (unpaired) electrons. The SMILES string of the molecule is Cc1nc2cn(CC(=O)N3CCN(C(C)C)CC3)c(O)c2c(-c2ccc(Cl)cc2Cl)c1CN. The Bertz CT molecular complexity index is 1200. The van der Waals surface area contributed by atoms with Crippen LogP contribution in [0.15, 0.2) is 24.4 Å². The summed E-state index contributed by atoms with van der Waals surface area (Å²) in [5.41, 5.74) is 9.61. The van der Waals surface area contributed by atoms with Crippen LogP contribution in [0.3, 0.4) is 0 Å². The molecule has 0 spiro atoms. The van der Waals surface area contributed by atoms with Crippen LogP contribution in [0.2, 0.25) is 10.0 Å². The largest absolute Gasteiger partial charge is 0.494 e. The van der Waals surface area contributed by atoms with Crippen LogP contribution in [0.1, 0.15) is 25.1 Å². The Morgan fingerprint density at radius 1 is 1.21 bits per heavy atom. The summed E-state index contributed by atoms with van der Waals surface area (Å²) in [6.07, 6.45) is 1.72. The number of nitrogens with two attached hydrogens (primary N) is 1. The molecule has 33 heavy (non-hydrogen) atoms. The number of halogens is 2. The van der Waals surface area contributed by atoms with Gasteiger partial charge < -0.3 is 20.3 Å². The van der Waals surface area contributed by atoms with Crippen molar-refractivity contribution in [2.24, 2.45) is 5.73 Å². The lowest BCUT2D eigenvalue weighted by Crippen LogP contribution is -2.51. The Morgan fingerprint density at radius 3 is 2.52 bits per heavy atom. The molecule has 1 aliphatic rings. The molecule has 7 nitrogen and oxygen atoms in total. The second kappa shape index (κ2) is 9.50. The molecular weight excluding hydrogens is 461 g/mol. The Morgan fingerprint density at radius 2 is 1.91 bits per heavy atom. The quantitative estimate of drug-likeness (QED) is 0.564. The molecular formula is C24H29Cl2N5O2. The Labute approximate surface area is 203 Å². The van der Waals surface area contributed by atoms with Gasteiger partial charge in [-0.25, -0.2) is 0 Å². The van der Waals surface area contributed by atoms with Crippen LogP contribution >= 0.6 is 23.2 Å². The standard InChI is InChI=1S/C24H29Cl2N5O2/c1-14(2)29-6-8-30(9-7-29)21(32)13-31-12-20-23(24(31)33)22(18(11-27)15(3)28-20)17-5-4-16(25)10-19(17)26/h4-5,10,12,14,33H,6-9,11,13,27H2,1-3H3. The van der Waals surface area contributed by atoms with Crippen LogP contribution in [-0.2, 0) is 17.9 Å². The molecule has 0 atom stereocenters. The van der Waals surface area contributed by atoms with Crippen molar-refractivity contribution >= 4 is 40.0 Å². The van der Waals surface area contributed by atoms with Gasteiger partial charge in [-0.2, -0.15) is 0 Å². The molecule has 1 aliphatic heterocycles. The fourth-order valence-corrected chi connectivity index (χ4v) is 5.03. The molecule has 0 unspecified atom stereocenters. The van der Waals surface area contributed by atoms with Crippen LogP contribution in [0, 0.1) is 6.92 Å². The number of amides is 1. The van der Waals surface area contributed by atoms with Crippen molar-refractivity contribution < 1.29 is 9.90 Å². The van der Waals surface area contributed by atoms with Crippen molar-refractivity contribution in [3.63, 3.8) is 0 Å². The van der Waals surface area contributed by atoms with E-state index in [1.54, 1.807) is 22.9 Å². The van der Waals surface area contributed by atoms with E-state index in [0.29, 0.717) is 45.6 Å². The van der Waals surface area contributed by atoms with Gasteiger partial charge in [0.1, 0.15) is 6.54 Å². The first-order chi connectivity index (χ1) is 15.7. The van der Waals surface area contributed by atoms with Crippen LogP contribution < -0.4 is 5.73 Å². The van der Waals surface area contributed by atoms with E-state index >= 15 is 0 Å². The number of pyridine rings is 1. The fourth-order valence-electron chi connectivity index (χ4n) is 4.53. The molecule has 0 bridgehead atoms. The maximum Gasteiger partial charge on any atom is 0.242 e. The summed E-state index contributed by atoms with van der Waals surface area (Å²) >= 11 is 12.6. The molecule has 1 fully saturated rings. The monoisotopic (exact) mass is 489 g/mol. The normalized spacial score (nSPS) is 15.1. The number of carbonyl (C=O) groups is 1. The molecule has 0 saturated carbocycles. The van der Waals surface area contributed by atoms with E-state index in [2.05, 4.69) is 23.7 Å². The molecule has 1 amide bonds. The van der Waals surface area contributed by atoms with Gasteiger partial charge in [-0.3, -0.25) is 14.7 Å². The average molecular weight is 490 g/mol. The third-order valence-electron chi connectivity index (χ3n) is 6.41. The lowest BCUT2D eigenvalue weighted by atomic mass is 9.95. The van der Waals surface area contributed by atoms with Gasteiger partial charge >= 0.3 is 0 Å². The first-order valence-corrected chi connectivity index (χ1v) is 11.9. The van der Waals surface area contributed by atoms with Gasteiger partial charge in [0, 0.05) is 71.8 Å². The lowest BCUT2D eigenvalue weighted by Gasteiger charge is -2.37.